The van der Waals surface area contributed by atoms with E-state index in [0.29, 0.717) is 0 Å². The fourth-order valence-corrected chi connectivity index (χ4v) is 2.50. The zero-order chi connectivity index (χ0) is 17.2. The SMILES string of the molecule is C[C@H](NC(=O)N(C)C[C@@H](O)C1CC1)c1ccccc1C(F)(F)F. The molecule has 23 heavy (non-hydrogen) atoms. The number of benzene rings is 1. The van der Waals surface area contributed by atoms with Crippen LogP contribution in [0.2, 0.25) is 0 Å². The van der Waals surface area contributed by atoms with Crippen molar-refractivity contribution in [3.05, 3.63) is 35.4 Å². The number of aliphatic hydroxyl groups excluding tert-OH is 1. The van der Waals surface area contributed by atoms with Gasteiger partial charge in [0.05, 0.1) is 17.7 Å². The molecule has 0 spiro atoms. The molecule has 128 valence electrons. The lowest BCUT2D eigenvalue weighted by molar-refractivity contribution is -0.138. The minimum atomic E-state index is -4.47. The van der Waals surface area contributed by atoms with E-state index in [9.17, 15) is 23.1 Å². The molecular weight excluding hydrogens is 309 g/mol. The van der Waals surface area contributed by atoms with Gasteiger partial charge in [0.25, 0.3) is 0 Å². The number of nitrogens with zero attached hydrogens (tertiary/aromatic N) is 1. The lowest BCUT2D eigenvalue weighted by Crippen LogP contribution is -2.42. The van der Waals surface area contributed by atoms with E-state index in [-0.39, 0.29) is 18.0 Å². The minimum absolute atomic E-state index is 0.0180. The molecule has 0 bridgehead atoms. The van der Waals surface area contributed by atoms with Gasteiger partial charge in [-0.3, -0.25) is 0 Å². The summed E-state index contributed by atoms with van der Waals surface area (Å²) >= 11 is 0. The molecule has 0 unspecified atom stereocenters. The van der Waals surface area contributed by atoms with Crippen LogP contribution >= 0.6 is 0 Å². The van der Waals surface area contributed by atoms with Crippen molar-refractivity contribution < 1.29 is 23.1 Å². The average Bonchev–Trinajstić information content (AvgIpc) is 3.30. The third kappa shape index (κ3) is 4.60. The first-order chi connectivity index (χ1) is 10.7. The van der Waals surface area contributed by atoms with Gasteiger partial charge in [0.15, 0.2) is 0 Å². The van der Waals surface area contributed by atoms with E-state index >= 15 is 0 Å². The first-order valence-corrected chi connectivity index (χ1v) is 7.56. The Hall–Kier alpha value is -1.76. The molecule has 0 radical (unpaired) electrons. The molecule has 1 fully saturated rings. The molecule has 2 rings (SSSR count). The van der Waals surface area contributed by atoms with E-state index in [1.807, 2.05) is 0 Å². The Morgan fingerprint density at radius 3 is 2.57 bits per heavy atom. The fraction of sp³-hybridized carbons (Fsp3) is 0.562. The van der Waals surface area contributed by atoms with E-state index in [0.717, 1.165) is 18.9 Å². The normalized spacial score (nSPS) is 17.5. The summed E-state index contributed by atoms with van der Waals surface area (Å²) < 4.78 is 39.0. The Morgan fingerprint density at radius 1 is 1.39 bits per heavy atom. The molecular formula is C16H21F3N2O2. The monoisotopic (exact) mass is 330 g/mol. The van der Waals surface area contributed by atoms with E-state index in [1.165, 1.54) is 37.1 Å². The standard InChI is InChI=1S/C16H21F3N2O2/c1-10(12-5-3-4-6-13(12)16(17,18)19)20-15(23)21(2)9-14(22)11-7-8-11/h3-6,10-11,14,22H,7-9H2,1-2H3,(H,20,23)/t10-,14+/m0/s1. The second-order valence-electron chi connectivity index (χ2n) is 6.04. The van der Waals surface area contributed by atoms with Crippen molar-refractivity contribution in [3.63, 3.8) is 0 Å². The van der Waals surface area contributed by atoms with Gasteiger partial charge in [-0.1, -0.05) is 18.2 Å². The summed E-state index contributed by atoms with van der Waals surface area (Å²) in [5.41, 5.74) is -0.738. The van der Waals surface area contributed by atoms with Gasteiger partial charge in [-0.15, -0.1) is 0 Å². The highest BCUT2D eigenvalue weighted by Gasteiger charge is 2.35. The quantitative estimate of drug-likeness (QED) is 0.871. The summed E-state index contributed by atoms with van der Waals surface area (Å²) in [6.45, 7) is 1.68. The Kier molecular flexibility index (Phi) is 5.19. The van der Waals surface area contributed by atoms with Gasteiger partial charge in [0, 0.05) is 13.6 Å². The molecule has 7 heteroatoms. The number of urea groups is 1. The molecule has 1 aromatic carbocycles. The average molecular weight is 330 g/mol. The number of alkyl halides is 3. The highest BCUT2D eigenvalue weighted by molar-refractivity contribution is 5.74. The summed E-state index contributed by atoms with van der Waals surface area (Å²) in [5.74, 6) is 0.230. The first kappa shape index (κ1) is 17.6. The summed E-state index contributed by atoms with van der Waals surface area (Å²) in [6, 6.07) is 3.88. The maximum atomic E-state index is 13.0. The van der Waals surface area contributed by atoms with Crippen LogP contribution in [0.5, 0.6) is 0 Å². The number of amides is 2. The second kappa shape index (κ2) is 6.78. The van der Waals surface area contributed by atoms with E-state index in [4.69, 9.17) is 0 Å². The Morgan fingerprint density at radius 2 is 2.00 bits per heavy atom. The van der Waals surface area contributed by atoms with Crippen LogP contribution in [0.1, 0.15) is 36.9 Å². The van der Waals surface area contributed by atoms with Crippen LogP contribution in [-0.4, -0.2) is 35.7 Å². The van der Waals surface area contributed by atoms with Crippen molar-refractivity contribution in [1.29, 1.82) is 0 Å². The smallest absolute Gasteiger partial charge is 0.391 e. The van der Waals surface area contributed by atoms with Crippen molar-refractivity contribution in [2.45, 2.75) is 38.1 Å². The predicted molar refractivity (Wildman–Crippen MR) is 79.8 cm³/mol. The number of likely N-dealkylation sites (N-methyl/N-ethyl adjacent to an activating group) is 1. The molecule has 2 N–H and O–H groups in total. The Labute approximate surface area is 133 Å². The molecule has 0 aromatic heterocycles. The van der Waals surface area contributed by atoms with Gasteiger partial charge >= 0.3 is 12.2 Å². The number of carbonyl (C=O) groups excluding carboxylic acids is 1. The maximum Gasteiger partial charge on any atom is 0.416 e. The molecule has 2 amide bonds. The van der Waals surface area contributed by atoms with Gasteiger partial charge in [0.1, 0.15) is 0 Å². The van der Waals surface area contributed by atoms with Crippen LogP contribution in [-0.2, 0) is 6.18 Å². The third-order valence-electron chi connectivity index (χ3n) is 4.05. The summed E-state index contributed by atoms with van der Waals surface area (Å²) in [6.07, 6.45) is -3.15. The number of aliphatic hydroxyl groups is 1. The highest BCUT2D eigenvalue weighted by atomic mass is 19.4. The maximum absolute atomic E-state index is 13.0. The summed E-state index contributed by atoms with van der Waals surface area (Å²) in [7, 11) is 1.52. The first-order valence-electron chi connectivity index (χ1n) is 7.56. The van der Waals surface area contributed by atoms with Crippen molar-refractivity contribution in [2.24, 2.45) is 5.92 Å². The number of rotatable bonds is 5. The second-order valence-corrected chi connectivity index (χ2v) is 6.04. The molecule has 4 nitrogen and oxygen atoms in total. The summed E-state index contributed by atoms with van der Waals surface area (Å²) in [4.78, 5) is 13.4. The predicted octanol–water partition coefficient (Wildman–Crippen LogP) is 3.18. The highest BCUT2D eigenvalue weighted by Crippen LogP contribution is 2.34. The Bertz CT molecular complexity index is 559. The van der Waals surface area contributed by atoms with Crippen LogP contribution < -0.4 is 5.32 Å². The van der Waals surface area contributed by atoms with E-state index in [2.05, 4.69) is 5.32 Å². The topological polar surface area (TPSA) is 52.6 Å². The molecule has 2 atom stereocenters. The van der Waals surface area contributed by atoms with Gasteiger partial charge in [0.2, 0.25) is 0 Å². The van der Waals surface area contributed by atoms with Gasteiger partial charge in [-0.25, -0.2) is 4.79 Å². The van der Waals surface area contributed by atoms with Crippen LogP contribution in [0.3, 0.4) is 0 Å². The lowest BCUT2D eigenvalue weighted by Gasteiger charge is -2.25. The Balaban J connectivity index is 2.01. The summed E-state index contributed by atoms with van der Waals surface area (Å²) in [5, 5.41) is 12.4. The zero-order valence-corrected chi connectivity index (χ0v) is 13.1. The van der Waals surface area contributed by atoms with Gasteiger partial charge < -0.3 is 15.3 Å². The van der Waals surface area contributed by atoms with Crippen LogP contribution in [0.4, 0.5) is 18.0 Å². The van der Waals surface area contributed by atoms with Crippen LogP contribution in [0.15, 0.2) is 24.3 Å². The van der Waals surface area contributed by atoms with Crippen molar-refractivity contribution >= 4 is 6.03 Å². The van der Waals surface area contributed by atoms with E-state index in [1.54, 1.807) is 0 Å². The molecule has 0 aliphatic heterocycles. The lowest BCUT2D eigenvalue weighted by atomic mass is 10.0. The molecule has 0 heterocycles. The van der Waals surface area contributed by atoms with Crippen LogP contribution in [0, 0.1) is 5.92 Å². The van der Waals surface area contributed by atoms with Crippen molar-refractivity contribution in [2.75, 3.05) is 13.6 Å². The number of halogens is 3. The fourth-order valence-electron chi connectivity index (χ4n) is 2.50. The van der Waals surface area contributed by atoms with Gasteiger partial charge in [-0.2, -0.15) is 13.2 Å². The number of hydrogen-bond acceptors (Lipinski definition) is 2. The number of carbonyl (C=O) groups is 1. The third-order valence-corrected chi connectivity index (χ3v) is 4.05. The van der Waals surface area contributed by atoms with Crippen molar-refractivity contribution in [1.82, 2.24) is 10.2 Å². The molecule has 1 saturated carbocycles. The van der Waals surface area contributed by atoms with Crippen LogP contribution in [0.25, 0.3) is 0 Å². The zero-order valence-electron chi connectivity index (χ0n) is 13.1. The molecule has 1 aromatic rings. The minimum Gasteiger partial charge on any atom is -0.391 e. The largest absolute Gasteiger partial charge is 0.416 e. The van der Waals surface area contributed by atoms with Gasteiger partial charge in [-0.05, 0) is 37.3 Å². The van der Waals surface area contributed by atoms with E-state index < -0.39 is 29.9 Å². The molecule has 0 saturated heterocycles. The number of hydrogen-bond donors (Lipinski definition) is 2. The number of nitrogens with one attached hydrogen (secondary N) is 1. The molecule has 1 aliphatic carbocycles. The van der Waals surface area contributed by atoms with Crippen molar-refractivity contribution in [3.8, 4) is 0 Å². The molecule has 1 aliphatic rings.